The second-order valence-corrected chi connectivity index (χ2v) is 6.03. The standard InChI is InChI=1S/C14H18N4/c1-14(2,3)7-9-6-10-11(18-9)8-17-13-12(10)15-4-5-16-13/h4-6,18H,7-8H2,1-3H3,(H,16,17). The minimum atomic E-state index is 0.284. The zero-order valence-corrected chi connectivity index (χ0v) is 11.0. The molecule has 4 heteroatoms. The largest absolute Gasteiger partial charge is 0.363 e. The monoisotopic (exact) mass is 242 g/mol. The van der Waals surface area contributed by atoms with E-state index >= 15 is 0 Å². The SMILES string of the molecule is CC(C)(C)Cc1cc2c([nH]1)CNc1nccnc1-2. The first-order valence-electron chi connectivity index (χ1n) is 6.29. The highest BCUT2D eigenvalue weighted by Crippen LogP contribution is 2.33. The lowest BCUT2D eigenvalue weighted by molar-refractivity contribution is 0.407. The molecule has 3 heterocycles. The number of rotatable bonds is 1. The van der Waals surface area contributed by atoms with E-state index in [0.717, 1.165) is 24.5 Å². The maximum Gasteiger partial charge on any atom is 0.152 e. The normalized spacial score (nSPS) is 13.7. The molecule has 2 N–H and O–H groups in total. The van der Waals surface area contributed by atoms with E-state index in [4.69, 9.17) is 0 Å². The van der Waals surface area contributed by atoms with Crippen LogP contribution in [0, 0.1) is 5.41 Å². The van der Waals surface area contributed by atoms with Crippen molar-refractivity contribution in [2.75, 3.05) is 5.32 Å². The minimum Gasteiger partial charge on any atom is -0.363 e. The lowest BCUT2D eigenvalue weighted by Crippen LogP contribution is -2.11. The van der Waals surface area contributed by atoms with Crippen molar-refractivity contribution >= 4 is 5.82 Å². The minimum absolute atomic E-state index is 0.284. The van der Waals surface area contributed by atoms with Crippen LogP contribution in [0.2, 0.25) is 0 Å². The van der Waals surface area contributed by atoms with Crippen molar-refractivity contribution in [3.8, 4) is 11.3 Å². The van der Waals surface area contributed by atoms with Crippen LogP contribution in [-0.2, 0) is 13.0 Å². The van der Waals surface area contributed by atoms with E-state index in [9.17, 15) is 0 Å². The van der Waals surface area contributed by atoms with Crippen LogP contribution in [0.25, 0.3) is 11.3 Å². The number of anilines is 1. The van der Waals surface area contributed by atoms with E-state index in [1.54, 1.807) is 12.4 Å². The van der Waals surface area contributed by atoms with Gasteiger partial charge in [-0.1, -0.05) is 20.8 Å². The molecule has 0 amide bonds. The second kappa shape index (κ2) is 3.83. The zero-order chi connectivity index (χ0) is 12.8. The summed E-state index contributed by atoms with van der Waals surface area (Å²) in [6.45, 7) is 7.54. The molecule has 0 radical (unpaired) electrons. The first-order chi connectivity index (χ1) is 8.53. The molecule has 0 aromatic carbocycles. The molecular formula is C14H18N4. The number of aromatic amines is 1. The third-order valence-electron chi connectivity index (χ3n) is 3.06. The van der Waals surface area contributed by atoms with Gasteiger partial charge in [-0.2, -0.15) is 0 Å². The number of hydrogen-bond acceptors (Lipinski definition) is 3. The Bertz CT molecular complexity index is 578. The second-order valence-electron chi connectivity index (χ2n) is 6.03. The molecule has 1 aliphatic rings. The molecule has 4 nitrogen and oxygen atoms in total. The van der Waals surface area contributed by atoms with Crippen molar-refractivity contribution in [1.82, 2.24) is 15.0 Å². The number of nitrogens with zero attached hydrogens (tertiary/aromatic N) is 2. The zero-order valence-electron chi connectivity index (χ0n) is 11.0. The summed E-state index contributed by atoms with van der Waals surface area (Å²) in [6, 6.07) is 2.22. The Morgan fingerprint density at radius 1 is 1.22 bits per heavy atom. The van der Waals surface area contributed by atoms with Crippen LogP contribution in [0.15, 0.2) is 18.5 Å². The van der Waals surface area contributed by atoms with Gasteiger partial charge in [0.25, 0.3) is 0 Å². The van der Waals surface area contributed by atoms with Gasteiger partial charge in [0, 0.05) is 29.3 Å². The molecule has 1 aliphatic heterocycles. The van der Waals surface area contributed by atoms with Gasteiger partial charge in [0.15, 0.2) is 5.82 Å². The number of H-pyrrole nitrogens is 1. The smallest absolute Gasteiger partial charge is 0.152 e. The van der Waals surface area contributed by atoms with Crippen LogP contribution >= 0.6 is 0 Å². The molecule has 94 valence electrons. The molecule has 0 unspecified atom stereocenters. The van der Waals surface area contributed by atoms with E-state index < -0.39 is 0 Å². The summed E-state index contributed by atoms with van der Waals surface area (Å²) in [4.78, 5) is 12.2. The summed E-state index contributed by atoms with van der Waals surface area (Å²) in [6.07, 6.45) is 4.50. The number of fused-ring (bicyclic) bond motifs is 3. The number of aromatic nitrogens is 3. The van der Waals surface area contributed by atoms with Gasteiger partial charge in [-0.3, -0.25) is 4.98 Å². The molecule has 0 bridgehead atoms. The fourth-order valence-electron chi connectivity index (χ4n) is 2.41. The molecule has 3 rings (SSSR count). The fraction of sp³-hybridized carbons (Fsp3) is 0.429. The molecule has 0 fully saturated rings. The highest BCUT2D eigenvalue weighted by atomic mass is 15.0. The predicted octanol–water partition coefficient (Wildman–Crippen LogP) is 2.99. The van der Waals surface area contributed by atoms with Gasteiger partial charge < -0.3 is 10.3 Å². The maximum atomic E-state index is 4.43. The maximum absolute atomic E-state index is 4.43. The van der Waals surface area contributed by atoms with Crippen LogP contribution in [0.3, 0.4) is 0 Å². The fourth-order valence-corrected chi connectivity index (χ4v) is 2.41. The average Bonchev–Trinajstić information content (AvgIpc) is 2.69. The number of hydrogen-bond donors (Lipinski definition) is 2. The van der Waals surface area contributed by atoms with E-state index in [1.165, 1.54) is 17.0 Å². The van der Waals surface area contributed by atoms with Crippen molar-refractivity contribution in [2.45, 2.75) is 33.7 Å². The molecule has 0 atom stereocenters. The molecule has 0 spiro atoms. The highest BCUT2D eigenvalue weighted by Gasteiger charge is 2.21. The van der Waals surface area contributed by atoms with Crippen LogP contribution < -0.4 is 5.32 Å². The lowest BCUT2D eigenvalue weighted by atomic mass is 9.90. The Balaban J connectivity index is 2.02. The quantitative estimate of drug-likeness (QED) is 0.808. The van der Waals surface area contributed by atoms with Gasteiger partial charge in [-0.05, 0) is 17.9 Å². The van der Waals surface area contributed by atoms with Crippen molar-refractivity contribution in [2.24, 2.45) is 5.41 Å². The molecule has 18 heavy (non-hydrogen) atoms. The summed E-state index contributed by atoms with van der Waals surface area (Å²) in [5, 5.41) is 3.29. The molecule has 0 saturated carbocycles. The summed E-state index contributed by atoms with van der Waals surface area (Å²) >= 11 is 0. The Morgan fingerprint density at radius 3 is 2.78 bits per heavy atom. The third-order valence-corrected chi connectivity index (χ3v) is 3.06. The Hall–Kier alpha value is -1.84. The van der Waals surface area contributed by atoms with Crippen LogP contribution in [0.5, 0.6) is 0 Å². The van der Waals surface area contributed by atoms with E-state index in [1.807, 2.05) is 0 Å². The number of nitrogens with one attached hydrogen (secondary N) is 2. The van der Waals surface area contributed by atoms with Crippen molar-refractivity contribution in [3.05, 3.63) is 29.8 Å². The summed E-state index contributed by atoms with van der Waals surface area (Å²) in [7, 11) is 0. The van der Waals surface area contributed by atoms with Gasteiger partial charge in [0.05, 0.1) is 6.54 Å². The van der Waals surface area contributed by atoms with E-state index in [0.29, 0.717) is 0 Å². The topological polar surface area (TPSA) is 53.6 Å². The van der Waals surface area contributed by atoms with Crippen molar-refractivity contribution in [1.29, 1.82) is 0 Å². The first-order valence-corrected chi connectivity index (χ1v) is 6.29. The summed E-state index contributed by atoms with van der Waals surface area (Å²) < 4.78 is 0. The van der Waals surface area contributed by atoms with Crippen LogP contribution in [-0.4, -0.2) is 15.0 Å². The van der Waals surface area contributed by atoms with Gasteiger partial charge in [-0.25, -0.2) is 4.98 Å². The van der Waals surface area contributed by atoms with Crippen molar-refractivity contribution < 1.29 is 0 Å². The lowest BCUT2D eigenvalue weighted by Gasteiger charge is -2.16. The molecule has 2 aromatic rings. The molecular weight excluding hydrogens is 224 g/mol. The molecule has 0 saturated heterocycles. The molecule has 0 aliphatic carbocycles. The van der Waals surface area contributed by atoms with Crippen molar-refractivity contribution in [3.63, 3.8) is 0 Å². The van der Waals surface area contributed by atoms with E-state index in [2.05, 4.69) is 47.1 Å². The van der Waals surface area contributed by atoms with Gasteiger partial charge in [0.1, 0.15) is 5.69 Å². The van der Waals surface area contributed by atoms with Crippen LogP contribution in [0.4, 0.5) is 5.82 Å². The van der Waals surface area contributed by atoms with Gasteiger partial charge in [0.2, 0.25) is 0 Å². The molecule has 2 aromatic heterocycles. The predicted molar refractivity (Wildman–Crippen MR) is 72.3 cm³/mol. The Labute approximate surface area is 107 Å². The summed E-state index contributed by atoms with van der Waals surface area (Å²) in [5.41, 5.74) is 4.91. The average molecular weight is 242 g/mol. The van der Waals surface area contributed by atoms with Crippen LogP contribution in [0.1, 0.15) is 32.2 Å². The van der Waals surface area contributed by atoms with E-state index in [-0.39, 0.29) is 5.41 Å². The summed E-state index contributed by atoms with van der Waals surface area (Å²) in [5.74, 6) is 0.881. The Morgan fingerprint density at radius 2 is 2.00 bits per heavy atom. The van der Waals surface area contributed by atoms with Gasteiger partial charge >= 0.3 is 0 Å². The Kier molecular flexibility index (Phi) is 2.40. The highest BCUT2D eigenvalue weighted by molar-refractivity contribution is 5.76. The third kappa shape index (κ3) is 1.98. The van der Waals surface area contributed by atoms with Gasteiger partial charge in [-0.15, -0.1) is 0 Å². The first kappa shape index (κ1) is 11.3.